The standard InChI is InChI=1S/C21H20N2O3/c24-20(11-18-14-26-21(23-18)16-6-2-1-3-7-16)22-12-15-10-17-8-4-5-9-19(17)25-13-15/h1-9,14-15H,10-13H2,(H,22,24). The number of ether oxygens (including phenoxy) is 1. The van der Waals surface area contributed by atoms with Gasteiger partial charge >= 0.3 is 0 Å². The van der Waals surface area contributed by atoms with Crippen LogP contribution in [0.4, 0.5) is 0 Å². The number of hydrogen-bond donors (Lipinski definition) is 1. The molecule has 2 heterocycles. The van der Waals surface area contributed by atoms with E-state index in [1.165, 1.54) is 5.56 Å². The summed E-state index contributed by atoms with van der Waals surface area (Å²) >= 11 is 0. The van der Waals surface area contributed by atoms with E-state index >= 15 is 0 Å². The molecule has 26 heavy (non-hydrogen) atoms. The molecule has 4 rings (SSSR count). The highest BCUT2D eigenvalue weighted by Crippen LogP contribution is 2.26. The van der Waals surface area contributed by atoms with Crippen molar-refractivity contribution in [2.45, 2.75) is 12.8 Å². The van der Waals surface area contributed by atoms with Crippen molar-refractivity contribution in [2.75, 3.05) is 13.2 Å². The third-order valence-electron chi connectivity index (χ3n) is 4.46. The highest BCUT2D eigenvalue weighted by atomic mass is 16.5. The third kappa shape index (κ3) is 3.77. The fourth-order valence-electron chi connectivity index (χ4n) is 3.11. The number of para-hydroxylation sites is 1. The Morgan fingerprint density at radius 3 is 2.81 bits per heavy atom. The number of nitrogens with zero attached hydrogens (tertiary/aromatic N) is 1. The molecular weight excluding hydrogens is 328 g/mol. The van der Waals surface area contributed by atoms with Crippen molar-refractivity contribution in [3.8, 4) is 17.2 Å². The second-order valence-corrected chi connectivity index (χ2v) is 6.48. The molecule has 0 saturated carbocycles. The number of hydrogen-bond acceptors (Lipinski definition) is 4. The van der Waals surface area contributed by atoms with E-state index in [1.54, 1.807) is 6.26 Å². The molecule has 1 aliphatic heterocycles. The minimum Gasteiger partial charge on any atom is -0.493 e. The number of amides is 1. The molecule has 132 valence electrons. The molecule has 1 amide bonds. The number of oxazole rings is 1. The summed E-state index contributed by atoms with van der Waals surface area (Å²) in [6, 6.07) is 17.7. The number of rotatable bonds is 5. The van der Waals surface area contributed by atoms with Crippen LogP contribution in [0.2, 0.25) is 0 Å². The molecular formula is C21H20N2O3. The molecule has 1 aromatic heterocycles. The van der Waals surface area contributed by atoms with E-state index in [1.807, 2.05) is 48.5 Å². The van der Waals surface area contributed by atoms with E-state index < -0.39 is 0 Å². The fourth-order valence-corrected chi connectivity index (χ4v) is 3.11. The zero-order valence-electron chi connectivity index (χ0n) is 14.4. The van der Waals surface area contributed by atoms with Crippen molar-refractivity contribution in [1.29, 1.82) is 0 Å². The topological polar surface area (TPSA) is 64.4 Å². The first-order valence-electron chi connectivity index (χ1n) is 8.75. The first-order valence-corrected chi connectivity index (χ1v) is 8.75. The highest BCUT2D eigenvalue weighted by molar-refractivity contribution is 5.78. The smallest absolute Gasteiger partial charge is 0.226 e. The lowest BCUT2D eigenvalue weighted by atomic mass is 9.97. The summed E-state index contributed by atoms with van der Waals surface area (Å²) in [7, 11) is 0. The predicted octanol–water partition coefficient (Wildman–Crippen LogP) is 3.25. The lowest BCUT2D eigenvalue weighted by molar-refractivity contribution is -0.120. The van der Waals surface area contributed by atoms with Crippen LogP contribution < -0.4 is 10.1 Å². The first-order chi connectivity index (χ1) is 12.8. The van der Waals surface area contributed by atoms with Crippen molar-refractivity contribution in [3.63, 3.8) is 0 Å². The summed E-state index contributed by atoms with van der Waals surface area (Å²) in [5, 5.41) is 2.98. The Hall–Kier alpha value is -3.08. The molecule has 0 fully saturated rings. The second-order valence-electron chi connectivity index (χ2n) is 6.48. The monoisotopic (exact) mass is 348 g/mol. The fraction of sp³-hybridized carbons (Fsp3) is 0.238. The van der Waals surface area contributed by atoms with Gasteiger partial charge in [-0.25, -0.2) is 4.98 Å². The summed E-state index contributed by atoms with van der Waals surface area (Å²) in [5.41, 5.74) is 2.73. The summed E-state index contributed by atoms with van der Waals surface area (Å²) in [5.74, 6) is 1.71. The van der Waals surface area contributed by atoms with Crippen molar-refractivity contribution < 1.29 is 13.9 Å². The van der Waals surface area contributed by atoms with Gasteiger partial charge in [0.25, 0.3) is 0 Å². The van der Waals surface area contributed by atoms with Crippen molar-refractivity contribution in [3.05, 3.63) is 72.1 Å². The molecule has 1 N–H and O–H groups in total. The number of carbonyl (C=O) groups excluding carboxylic acids is 1. The number of aromatic nitrogens is 1. The minimum atomic E-state index is -0.0585. The number of benzene rings is 2. The minimum absolute atomic E-state index is 0.0585. The van der Waals surface area contributed by atoms with Gasteiger partial charge < -0.3 is 14.5 Å². The maximum Gasteiger partial charge on any atom is 0.226 e. The van der Waals surface area contributed by atoms with Gasteiger partial charge in [0.1, 0.15) is 12.0 Å². The average Bonchev–Trinajstić information content (AvgIpc) is 3.15. The van der Waals surface area contributed by atoms with Crippen molar-refractivity contribution in [1.82, 2.24) is 10.3 Å². The van der Waals surface area contributed by atoms with Gasteiger partial charge in [-0.15, -0.1) is 0 Å². The van der Waals surface area contributed by atoms with Gasteiger partial charge in [-0.2, -0.15) is 0 Å². The summed E-state index contributed by atoms with van der Waals surface area (Å²) in [6.07, 6.45) is 2.67. The Labute approximate surface area is 152 Å². The van der Waals surface area contributed by atoms with Crippen LogP contribution in [0.25, 0.3) is 11.5 Å². The zero-order chi connectivity index (χ0) is 17.8. The predicted molar refractivity (Wildman–Crippen MR) is 97.8 cm³/mol. The van der Waals surface area contributed by atoms with Crippen LogP contribution in [0.3, 0.4) is 0 Å². The third-order valence-corrected chi connectivity index (χ3v) is 4.46. The van der Waals surface area contributed by atoms with Gasteiger partial charge in [-0.1, -0.05) is 36.4 Å². The molecule has 0 saturated heterocycles. The molecule has 3 aromatic rings. The van der Waals surface area contributed by atoms with Crippen LogP contribution in [0.15, 0.2) is 65.3 Å². The van der Waals surface area contributed by atoms with Crippen LogP contribution in [-0.4, -0.2) is 24.0 Å². The van der Waals surface area contributed by atoms with E-state index in [4.69, 9.17) is 9.15 Å². The maximum atomic E-state index is 12.2. The Balaban J connectivity index is 1.29. The molecule has 5 nitrogen and oxygen atoms in total. The molecule has 0 spiro atoms. The van der Waals surface area contributed by atoms with Crippen LogP contribution in [0, 0.1) is 5.92 Å². The molecule has 5 heteroatoms. The molecule has 2 aromatic carbocycles. The lowest BCUT2D eigenvalue weighted by Gasteiger charge is -2.25. The highest BCUT2D eigenvalue weighted by Gasteiger charge is 2.20. The van der Waals surface area contributed by atoms with E-state index in [-0.39, 0.29) is 18.2 Å². The summed E-state index contributed by atoms with van der Waals surface area (Å²) in [4.78, 5) is 16.6. The molecule has 1 unspecified atom stereocenters. The molecule has 1 aliphatic rings. The summed E-state index contributed by atoms with van der Waals surface area (Å²) in [6.45, 7) is 1.22. The number of nitrogens with one attached hydrogen (secondary N) is 1. The second kappa shape index (κ2) is 7.44. The van der Waals surface area contributed by atoms with Crippen molar-refractivity contribution >= 4 is 5.91 Å². The van der Waals surface area contributed by atoms with E-state index in [0.29, 0.717) is 24.7 Å². The van der Waals surface area contributed by atoms with E-state index in [9.17, 15) is 4.79 Å². The lowest BCUT2D eigenvalue weighted by Crippen LogP contribution is -2.35. The molecule has 1 atom stereocenters. The first kappa shape index (κ1) is 16.4. The average molecular weight is 348 g/mol. The largest absolute Gasteiger partial charge is 0.493 e. The quantitative estimate of drug-likeness (QED) is 0.769. The van der Waals surface area contributed by atoms with Crippen molar-refractivity contribution in [2.24, 2.45) is 5.92 Å². The Morgan fingerprint density at radius 2 is 1.92 bits per heavy atom. The molecule has 0 aliphatic carbocycles. The van der Waals surface area contributed by atoms with Gasteiger partial charge in [0.05, 0.1) is 18.7 Å². The van der Waals surface area contributed by atoms with Crippen LogP contribution in [-0.2, 0) is 17.6 Å². The van der Waals surface area contributed by atoms with E-state index in [0.717, 1.165) is 17.7 Å². The molecule has 0 bridgehead atoms. The number of fused-ring (bicyclic) bond motifs is 1. The SMILES string of the molecule is O=C(Cc1coc(-c2ccccc2)n1)NCC1COc2ccccc2C1. The zero-order valence-corrected chi connectivity index (χ0v) is 14.4. The van der Waals surface area contributed by atoms with Gasteiger partial charge in [0.15, 0.2) is 0 Å². The van der Waals surface area contributed by atoms with Crippen LogP contribution in [0.1, 0.15) is 11.3 Å². The van der Waals surface area contributed by atoms with Crippen LogP contribution >= 0.6 is 0 Å². The summed E-state index contributed by atoms with van der Waals surface area (Å²) < 4.78 is 11.2. The van der Waals surface area contributed by atoms with E-state index in [2.05, 4.69) is 16.4 Å². The van der Waals surface area contributed by atoms with Gasteiger partial charge in [0, 0.05) is 18.0 Å². The van der Waals surface area contributed by atoms with Gasteiger partial charge in [-0.3, -0.25) is 4.79 Å². The molecule has 0 radical (unpaired) electrons. The van der Waals surface area contributed by atoms with Crippen LogP contribution in [0.5, 0.6) is 5.75 Å². The number of carbonyl (C=O) groups is 1. The maximum absolute atomic E-state index is 12.2. The Morgan fingerprint density at radius 1 is 1.12 bits per heavy atom. The van der Waals surface area contributed by atoms with Gasteiger partial charge in [-0.05, 0) is 30.2 Å². The Bertz CT molecular complexity index is 889. The Kier molecular flexibility index (Phi) is 4.69. The van der Waals surface area contributed by atoms with Gasteiger partial charge in [0.2, 0.25) is 11.8 Å². The normalized spacial score (nSPS) is 15.8.